The summed E-state index contributed by atoms with van der Waals surface area (Å²) in [6.45, 7) is 0. The van der Waals surface area contributed by atoms with E-state index in [-0.39, 0.29) is 11.7 Å². The predicted molar refractivity (Wildman–Crippen MR) is 84.2 cm³/mol. The summed E-state index contributed by atoms with van der Waals surface area (Å²) in [5.74, 6) is -0.171. The number of carbonyl (C=O) groups excluding carboxylic acids is 1. The van der Waals surface area contributed by atoms with Crippen molar-refractivity contribution >= 4 is 50.0 Å². The molecule has 2 aromatic heterocycles. The molecular formula is C14H9BrClN3O2. The zero-order valence-corrected chi connectivity index (χ0v) is 12.9. The normalized spacial score (nSPS) is 10.6. The summed E-state index contributed by atoms with van der Waals surface area (Å²) in [5, 5.41) is 1.46. The van der Waals surface area contributed by atoms with Crippen LogP contribution in [0.5, 0.6) is 0 Å². The van der Waals surface area contributed by atoms with Gasteiger partial charge >= 0.3 is 5.91 Å². The molecule has 7 heteroatoms. The van der Waals surface area contributed by atoms with Gasteiger partial charge in [-0.1, -0.05) is 11.6 Å². The quantitative estimate of drug-likeness (QED) is 0.688. The predicted octanol–water partition coefficient (Wildman–Crippen LogP) is 4.00. The number of nitrogens with zero attached hydrogens (tertiary/aromatic N) is 1. The van der Waals surface area contributed by atoms with Gasteiger partial charge in [0.2, 0.25) is 0 Å². The molecule has 0 radical (unpaired) electrons. The van der Waals surface area contributed by atoms with E-state index in [9.17, 15) is 4.79 Å². The van der Waals surface area contributed by atoms with Crippen molar-refractivity contribution in [3.8, 4) is 0 Å². The van der Waals surface area contributed by atoms with Crippen molar-refractivity contribution in [3.63, 3.8) is 0 Å². The molecule has 0 saturated carbocycles. The largest absolute Gasteiger partial charge is 0.444 e. The van der Waals surface area contributed by atoms with E-state index in [1.165, 1.54) is 0 Å². The Bertz CT molecular complexity index is 819. The summed E-state index contributed by atoms with van der Waals surface area (Å²) >= 11 is 9.08. The first-order valence-electron chi connectivity index (χ1n) is 5.99. The van der Waals surface area contributed by atoms with Gasteiger partial charge in [0.25, 0.3) is 0 Å². The SMILES string of the molecule is O=C(NNc1ccnc2cc(Cl)ccc12)c1ccc(Br)o1. The first-order chi connectivity index (χ1) is 10.1. The number of halogens is 2. The van der Waals surface area contributed by atoms with Gasteiger partial charge in [-0.3, -0.25) is 20.6 Å². The molecule has 21 heavy (non-hydrogen) atoms. The molecule has 106 valence electrons. The minimum Gasteiger partial charge on any atom is -0.444 e. The van der Waals surface area contributed by atoms with Crippen LogP contribution in [0.2, 0.25) is 5.02 Å². The number of rotatable bonds is 3. The topological polar surface area (TPSA) is 67.2 Å². The molecule has 0 aliphatic heterocycles. The van der Waals surface area contributed by atoms with Crippen LogP contribution in [0.15, 0.2) is 51.7 Å². The van der Waals surface area contributed by atoms with Gasteiger partial charge in [0.05, 0.1) is 11.2 Å². The fraction of sp³-hybridized carbons (Fsp3) is 0. The van der Waals surface area contributed by atoms with Crippen LogP contribution >= 0.6 is 27.5 Å². The minimum absolute atomic E-state index is 0.204. The Morgan fingerprint density at radius 1 is 1.24 bits per heavy atom. The maximum absolute atomic E-state index is 11.9. The first-order valence-corrected chi connectivity index (χ1v) is 7.16. The highest BCUT2D eigenvalue weighted by molar-refractivity contribution is 9.10. The van der Waals surface area contributed by atoms with E-state index >= 15 is 0 Å². The number of aromatic nitrogens is 1. The summed E-state index contributed by atoms with van der Waals surface area (Å²) in [5.41, 5.74) is 6.88. The van der Waals surface area contributed by atoms with E-state index in [0.717, 1.165) is 16.6 Å². The molecule has 3 rings (SSSR count). The van der Waals surface area contributed by atoms with Crippen molar-refractivity contribution in [2.75, 3.05) is 5.43 Å². The lowest BCUT2D eigenvalue weighted by atomic mass is 10.2. The molecule has 5 nitrogen and oxygen atoms in total. The van der Waals surface area contributed by atoms with Crippen LogP contribution in [0.4, 0.5) is 5.69 Å². The van der Waals surface area contributed by atoms with E-state index in [2.05, 4.69) is 31.8 Å². The molecule has 0 fully saturated rings. The second-order valence-electron chi connectivity index (χ2n) is 4.20. The lowest BCUT2D eigenvalue weighted by Crippen LogP contribution is -2.29. The van der Waals surface area contributed by atoms with Crippen molar-refractivity contribution in [2.24, 2.45) is 0 Å². The fourth-order valence-electron chi connectivity index (χ4n) is 1.85. The third kappa shape index (κ3) is 3.01. The molecule has 2 heterocycles. The minimum atomic E-state index is -0.375. The zero-order valence-electron chi connectivity index (χ0n) is 10.6. The zero-order chi connectivity index (χ0) is 14.8. The Kier molecular flexibility index (Phi) is 3.81. The number of hydrazine groups is 1. The van der Waals surface area contributed by atoms with Gasteiger partial charge in [0.1, 0.15) is 0 Å². The number of hydrogen-bond donors (Lipinski definition) is 2. The summed E-state index contributed by atoms with van der Waals surface area (Å²) in [7, 11) is 0. The summed E-state index contributed by atoms with van der Waals surface area (Å²) in [6.07, 6.45) is 1.64. The van der Waals surface area contributed by atoms with Gasteiger partial charge in [-0.05, 0) is 52.3 Å². The molecule has 1 aromatic carbocycles. The van der Waals surface area contributed by atoms with Crippen LogP contribution in [0.25, 0.3) is 10.9 Å². The number of hydrogen-bond acceptors (Lipinski definition) is 4. The van der Waals surface area contributed by atoms with E-state index in [1.807, 2.05) is 6.07 Å². The van der Waals surface area contributed by atoms with Crippen molar-refractivity contribution < 1.29 is 9.21 Å². The summed E-state index contributed by atoms with van der Waals surface area (Å²) < 4.78 is 5.67. The molecule has 1 amide bonds. The number of anilines is 1. The Hall–Kier alpha value is -2.05. The number of fused-ring (bicyclic) bond motifs is 1. The van der Waals surface area contributed by atoms with E-state index in [1.54, 1.807) is 36.5 Å². The number of carbonyl (C=O) groups is 1. The van der Waals surface area contributed by atoms with Crippen molar-refractivity contribution in [1.82, 2.24) is 10.4 Å². The Labute approximate surface area is 133 Å². The van der Waals surface area contributed by atoms with Crippen LogP contribution in [0, 0.1) is 0 Å². The standard InChI is InChI=1S/C14H9BrClN3O2/c15-13-4-3-12(21-13)14(20)19-18-10-5-6-17-11-7-8(16)1-2-9(10)11/h1-7H,(H,17,18)(H,19,20). The average Bonchev–Trinajstić information content (AvgIpc) is 2.91. The Morgan fingerprint density at radius 3 is 2.86 bits per heavy atom. The van der Waals surface area contributed by atoms with Crippen LogP contribution in [0.3, 0.4) is 0 Å². The molecule has 0 aliphatic carbocycles. The lowest BCUT2D eigenvalue weighted by Gasteiger charge is -2.10. The molecule has 0 atom stereocenters. The third-order valence-corrected chi connectivity index (χ3v) is 3.47. The second-order valence-corrected chi connectivity index (χ2v) is 5.42. The van der Waals surface area contributed by atoms with Gasteiger partial charge in [-0.25, -0.2) is 0 Å². The molecule has 0 saturated heterocycles. The number of nitrogens with one attached hydrogen (secondary N) is 2. The Morgan fingerprint density at radius 2 is 2.10 bits per heavy atom. The molecular weight excluding hydrogens is 358 g/mol. The fourth-order valence-corrected chi connectivity index (χ4v) is 2.33. The van der Waals surface area contributed by atoms with Crippen molar-refractivity contribution in [1.29, 1.82) is 0 Å². The highest BCUT2D eigenvalue weighted by Crippen LogP contribution is 2.23. The highest BCUT2D eigenvalue weighted by Gasteiger charge is 2.10. The molecule has 0 aliphatic rings. The van der Waals surface area contributed by atoms with E-state index < -0.39 is 0 Å². The molecule has 0 bridgehead atoms. The maximum atomic E-state index is 11.9. The number of amides is 1. The van der Waals surface area contributed by atoms with Crippen LogP contribution < -0.4 is 10.9 Å². The number of pyridine rings is 1. The second kappa shape index (κ2) is 5.75. The maximum Gasteiger partial charge on any atom is 0.305 e. The smallest absolute Gasteiger partial charge is 0.305 e. The molecule has 0 unspecified atom stereocenters. The van der Waals surface area contributed by atoms with Gasteiger partial charge in [-0.15, -0.1) is 0 Å². The van der Waals surface area contributed by atoms with Gasteiger partial charge in [0.15, 0.2) is 10.4 Å². The van der Waals surface area contributed by atoms with Gasteiger partial charge in [0, 0.05) is 16.6 Å². The van der Waals surface area contributed by atoms with Crippen molar-refractivity contribution in [2.45, 2.75) is 0 Å². The lowest BCUT2D eigenvalue weighted by molar-refractivity contribution is 0.0934. The summed E-state index contributed by atoms with van der Waals surface area (Å²) in [6, 6.07) is 10.3. The summed E-state index contributed by atoms with van der Waals surface area (Å²) in [4.78, 5) is 16.1. The number of benzene rings is 1. The third-order valence-electron chi connectivity index (χ3n) is 2.81. The van der Waals surface area contributed by atoms with Crippen LogP contribution in [-0.4, -0.2) is 10.9 Å². The van der Waals surface area contributed by atoms with E-state index in [4.69, 9.17) is 16.0 Å². The molecule has 0 spiro atoms. The van der Waals surface area contributed by atoms with E-state index in [0.29, 0.717) is 9.69 Å². The monoisotopic (exact) mass is 365 g/mol. The van der Waals surface area contributed by atoms with Crippen molar-refractivity contribution in [3.05, 3.63) is 58.0 Å². The molecule has 3 aromatic rings. The average molecular weight is 367 g/mol. The van der Waals surface area contributed by atoms with Crippen LogP contribution in [0.1, 0.15) is 10.6 Å². The number of furan rings is 1. The highest BCUT2D eigenvalue weighted by atomic mass is 79.9. The molecule has 2 N–H and O–H groups in total. The van der Waals surface area contributed by atoms with Crippen LogP contribution in [-0.2, 0) is 0 Å². The van der Waals surface area contributed by atoms with Gasteiger partial charge < -0.3 is 4.42 Å². The van der Waals surface area contributed by atoms with Gasteiger partial charge in [-0.2, -0.15) is 0 Å². The Balaban J connectivity index is 1.81. The first kappa shape index (κ1) is 13.9.